The third kappa shape index (κ3) is 30.4. The van der Waals surface area contributed by atoms with Crippen LogP contribution in [0.2, 0.25) is 0 Å². The summed E-state index contributed by atoms with van der Waals surface area (Å²) in [6.45, 7) is 2.13. The molecular weight excluding hydrogens is 421 g/mol. The second-order valence-electron chi connectivity index (χ2n) is 8.68. The Morgan fingerprint density at radius 3 is 1.32 bits per heavy atom. The topological polar surface area (TPSA) is 89.8 Å². The Hall–Kier alpha value is 0.380. The first-order valence-electron chi connectivity index (χ1n) is 12.6. The molecule has 1 N–H and O–H groups in total. The zero-order chi connectivity index (χ0) is 22.3. The van der Waals surface area contributed by atoms with Gasteiger partial charge in [0.2, 0.25) is 0 Å². The molecule has 0 aromatic heterocycles. The number of nitrogens with zero attached hydrogens (tertiary/aromatic N) is 1. The minimum absolute atomic E-state index is 0. The first-order valence-corrected chi connectivity index (χ1v) is 14.2. The van der Waals surface area contributed by atoms with Crippen LogP contribution in [0, 0.1) is 0 Å². The second-order valence-corrected chi connectivity index (χ2v) is 10.2. The largest absolute Gasteiger partial charge is 1.00 e. The van der Waals surface area contributed by atoms with Crippen LogP contribution in [0.15, 0.2) is 4.99 Å². The molecule has 0 radical (unpaired) electrons. The van der Waals surface area contributed by atoms with Crippen LogP contribution in [-0.2, 0) is 10.1 Å². The van der Waals surface area contributed by atoms with Crippen LogP contribution in [-0.4, -0.2) is 31.2 Å². The summed E-state index contributed by atoms with van der Waals surface area (Å²) in [6.07, 6.45) is 25.4. The Balaban J connectivity index is 0. The van der Waals surface area contributed by atoms with Crippen molar-refractivity contribution in [2.75, 3.05) is 12.3 Å². The van der Waals surface area contributed by atoms with Gasteiger partial charge in [0.25, 0.3) is 10.1 Å². The number of aliphatic imine (C=N–C) groups is 1. The summed E-state index contributed by atoms with van der Waals surface area (Å²) in [5.41, 5.74) is 0. The number of hydrogen-bond acceptors (Lipinski definition) is 4. The van der Waals surface area contributed by atoms with E-state index >= 15 is 0 Å². The van der Waals surface area contributed by atoms with E-state index in [4.69, 9.17) is 4.55 Å². The smallest absolute Gasteiger partial charge is 0.862 e. The quantitative estimate of drug-likeness (QED) is 0.0816. The molecule has 7 heteroatoms. The molecule has 0 saturated carbocycles. The summed E-state index contributed by atoms with van der Waals surface area (Å²) in [5.74, 6) is -0.733. The first kappa shape index (κ1) is 33.6. The van der Waals surface area contributed by atoms with E-state index in [2.05, 4.69) is 11.9 Å². The van der Waals surface area contributed by atoms with E-state index in [9.17, 15) is 13.5 Å². The van der Waals surface area contributed by atoms with Gasteiger partial charge in [0.1, 0.15) is 0 Å². The van der Waals surface area contributed by atoms with Gasteiger partial charge in [0, 0.05) is 0 Å². The summed E-state index contributed by atoms with van der Waals surface area (Å²) in [4.78, 5) is 3.65. The fourth-order valence-corrected chi connectivity index (χ4v) is 4.04. The molecule has 5 nitrogen and oxygen atoms in total. The van der Waals surface area contributed by atoms with Gasteiger partial charge in [-0.1, -0.05) is 122 Å². The standard InChI is InChI=1S/C24H49NO4S.Na/c1-2-3-4-5-6-7-8-9-10-11-12-13-14-15-16-17-18-19-20-21-24(26)25-22-23-30(27,28)29;/h2-23H2,1H3,(H,25,26)(H,27,28,29);/q;+1/p-1. The molecule has 0 heterocycles. The predicted molar refractivity (Wildman–Crippen MR) is 127 cm³/mol. The van der Waals surface area contributed by atoms with Crippen molar-refractivity contribution < 1.29 is 47.6 Å². The average Bonchev–Trinajstić information content (AvgIpc) is 2.68. The normalized spacial score (nSPS) is 12.1. The van der Waals surface area contributed by atoms with Crippen LogP contribution in [0.3, 0.4) is 0 Å². The van der Waals surface area contributed by atoms with E-state index in [1.54, 1.807) is 0 Å². The van der Waals surface area contributed by atoms with Gasteiger partial charge >= 0.3 is 29.6 Å². The van der Waals surface area contributed by atoms with Crippen molar-refractivity contribution in [2.24, 2.45) is 4.99 Å². The molecule has 0 bridgehead atoms. The molecular formula is C24H48NNaO4S. The van der Waals surface area contributed by atoms with Crippen molar-refractivity contribution in [3.8, 4) is 0 Å². The van der Waals surface area contributed by atoms with Crippen molar-refractivity contribution in [3.05, 3.63) is 0 Å². The monoisotopic (exact) mass is 469 g/mol. The molecule has 0 saturated heterocycles. The minimum atomic E-state index is -4.02. The van der Waals surface area contributed by atoms with Gasteiger partial charge in [0.15, 0.2) is 0 Å². The number of rotatable bonds is 23. The van der Waals surface area contributed by atoms with Crippen LogP contribution in [0.4, 0.5) is 0 Å². The van der Waals surface area contributed by atoms with Gasteiger partial charge in [0.05, 0.1) is 12.3 Å². The third-order valence-corrected chi connectivity index (χ3v) is 6.33. The van der Waals surface area contributed by atoms with Crippen LogP contribution < -0.4 is 34.7 Å². The number of hydrogen-bond donors (Lipinski definition) is 1. The Bertz CT molecular complexity index is 498. The van der Waals surface area contributed by atoms with E-state index in [0.717, 1.165) is 19.3 Å². The Morgan fingerprint density at radius 2 is 1.00 bits per heavy atom. The molecule has 180 valence electrons. The van der Waals surface area contributed by atoms with Gasteiger partial charge in [-0.15, -0.1) is 0 Å². The zero-order valence-corrected chi connectivity index (χ0v) is 23.4. The van der Waals surface area contributed by atoms with Crippen molar-refractivity contribution in [2.45, 2.75) is 135 Å². The summed E-state index contributed by atoms with van der Waals surface area (Å²) < 4.78 is 29.7. The molecule has 0 aromatic rings. The Kier molecular flexibility index (Phi) is 27.1. The number of unbranched alkanes of at least 4 members (excludes halogenated alkanes) is 18. The SMILES string of the molecule is CCCCCCCCCCCCCCCCCCCCCC([O-])=NCCS(=O)(=O)O.[Na+]. The molecule has 0 atom stereocenters. The molecule has 0 aliphatic heterocycles. The van der Waals surface area contributed by atoms with Gasteiger partial charge in [-0.05, 0) is 18.7 Å². The molecule has 0 aromatic carbocycles. The molecule has 31 heavy (non-hydrogen) atoms. The third-order valence-electron chi connectivity index (χ3n) is 5.63. The average molecular weight is 470 g/mol. The van der Waals surface area contributed by atoms with E-state index in [1.807, 2.05) is 0 Å². The molecule has 0 amide bonds. The van der Waals surface area contributed by atoms with E-state index < -0.39 is 15.9 Å². The minimum Gasteiger partial charge on any atom is -0.862 e. The van der Waals surface area contributed by atoms with Crippen molar-refractivity contribution in [1.82, 2.24) is 0 Å². The maximum Gasteiger partial charge on any atom is 1.00 e. The summed E-state index contributed by atoms with van der Waals surface area (Å²) in [6, 6.07) is 0. The summed E-state index contributed by atoms with van der Waals surface area (Å²) in [5, 5.41) is 11.5. The van der Waals surface area contributed by atoms with Crippen LogP contribution in [0.5, 0.6) is 0 Å². The zero-order valence-electron chi connectivity index (χ0n) is 20.6. The van der Waals surface area contributed by atoms with Gasteiger partial charge in [-0.3, -0.25) is 4.55 Å². The van der Waals surface area contributed by atoms with Gasteiger partial charge in [-0.25, -0.2) is 0 Å². The fraction of sp³-hybridized carbons (Fsp3) is 0.958. The fourth-order valence-electron chi connectivity index (χ4n) is 3.72. The van der Waals surface area contributed by atoms with Crippen LogP contribution >= 0.6 is 0 Å². The molecule has 0 spiro atoms. The van der Waals surface area contributed by atoms with E-state index in [-0.39, 0.29) is 42.0 Å². The van der Waals surface area contributed by atoms with Gasteiger partial charge in [-0.2, -0.15) is 8.42 Å². The Morgan fingerprint density at radius 1 is 0.677 bits per heavy atom. The van der Waals surface area contributed by atoms with Crippen LogP contribution in [0.1, 0.15) is 135 Å². The summed E-state index contributed by atoms with van der Waals surface area (Å²) in [7, 11) is -4.02. The van der Waals surface area contributed by atoms with E-state index in [0.29, 0.717) is 6.42 Å². The van der Waals surface area contributed by atoms with Crippen LogP contribution in [0.25, 0.3) is 0 Å². The molecule has 0 unspecified atom stereocenters. The predicted octanol–water partition coefficient (Wildman–Crippen LogP) is 3.46. The maximum absolute atomic E-state index is 11.5. The first-order chi connectivity index (χ1) is 14.5. The molecule has 0 aliphatic rings. The second kappa shape index (κ2) is 25.0. The molecule has 0 fully saturated rings. The molecule has 0 aliphatic carbocycles. The maximum atomic E-state index is 11.5. The van der Waals surface area contributed by atoms with Crippen molar-refractivity contribution >= 4 is 16.0 Å². The van der Waals surface area contributed by atoms with Crippen molar-refractivity contribution in [3.63, 3.8) is 0 Å². The Labute approximate surface area is 215 Å². The van der Waals surface area contributed by atoms with Gasteiger partial charge < -0.3 is 10.1 Å². The summed E-state index contributed by atoms with van der Waals surface area (Å²) >= 11 is 0. The van der Waals surface area contributed by atoms with E-state index in [1.165, 1.54) is 103 Å². The molecule has 0 rings (SSSR count). The van der Waals surface area contributed by atoms with Crippen molar-refractivity contribution in [1.29, 1.82) is 0 Å².